The second kappa shape index (κ2) is 11.8. The van der Waals surface area contributed by atoms with Crippen molar-refractivity contribution in [3.8, 4) is 16.9 Å². The predicted molar refractivity (Wildman–Crippen MR) is 143 cm³/mol. The summed E-state index contributed by atoms with van der Waals surface area (Å²) in [4.78, 5) is 13.9. The fourth-order valence-corrected chi connectivity index (χ4v) is 5.40. The minimum absolute atomic E-state index is 0.0143. The molecule has 0 aliphatic carbocycles. The number of alkyl halides is 9. The van der Waals surface area contributed by atoms with Gasteiger partial charge >= 0.3 is 24.6 Å². The topological polar surface area (TPSA) is 38.8 Å². The smallest absolute Gasteiger partial charge is 0.416 e. The number of ether oxygens (including phenoxy) is 2. The van der Waals surface area contributed by atoms with Crippen LogP contribution in [0.15, 0.2) is 42.5 Å². The van der Waals surface area contributed by atoms with E-state index in [9.17, 15) is 48.7 Å². The average Bonchev–Trinajstić information content (AvgIpc) is 3.19. The van der Waals surface area contributed by atoms with Crippen LogP contribution in [0.5, 0.6) is 5.75 Å². The first-order valence-corrected chi connectivity index (χ1v) is 13.5. The van der Waals surface area contributed by atoms with Gasteiger partial charge in [0.15, 0.2) is 0 Å². The van der Waals surface area contributed by atoms with Crippen molar-refractivity contribution >= 4 is 6.09 Å². The van der Waals surface area contributed by atoms with Crippen LogP contribution in [0.3, 0.4) is 0 Å². The summed E-state index contributed by atoms with van der Waals surface area (Å²) >= 11 is 0. The van der Waals surface area contributed by atoms with E-state index in [1.165, 1.54) is 27.0 Å². The lowest BCUT2D eigenvalue weighted by molar-refractivity contribution is -0.143. The van der Waals surface area contributed by atoms with E-state index >= 15 is 0 Å². The second-order valence-electron chi connectivity index (χ2n) is 11.1. The number of amides is 1. The number of carbonyl (C=O) groups is 1. The molecular weight excluding hydrogens is 624 g/mol. The number of hydrogen-bond donors (Lipinski definition) is 0. The van der Waals surface area contributed by atoms with Gasteiger partial charge in [-0.3, -0.25) is 4.90 Å². The molecule has 1 amide bonds. The molecule has 0 unspecified atom stereocenters. The van der Waals surface area contributed by atoms with Crippen molar-refractivity contribution < 1.29 is 58.2 Å². The Balaban J connectivity index is 1.85. The molecule has 1 aliphatic heterocycles. The lowest BCUT2D eigenvalue weighted by Gasteiger charge is -2.25. The Labute approximate surface area is 251 Å². The van der Waals surface area contributed by atoms with Gasteiger partial charge in [-0.15, -0.1) is 0 Å². The molecule has 4 rings (SSSR count). The third kappa shape index (κ3) is 6.84. The minimum atomic E-state index is -5.16. The van der Waals surface area contributed by atoms with Gasteiger partial charge in [-0.05, 0) is 84.0 Å². The van der Waals surface area contributed by atoms with Gasteiger partial charge in [-0.2, -0.15) is 39.5 Å². The second-order valence-corrected chi connectivity index (χ2v) is 11.1. The van der Waals surface area contributed by atoms with Crippen LogP contribution in [0.25, 0.3) is 11.1 Å². The van der Waals surface area contributed by atoms with Gasteiger partial charge in [0.25, 0.3) is 0 Å². The molecule has 1 fully saturated rings. The summed E-state index contributed by atoms with van der Waals surface area (Å²) in [7, 11) is 1.24. The van der Waals surface area contributed by atoms with Crippen molar-refractivity contribution in [1.82, 2.24) is 4.90 Å². The van der Waals surface area contributed by atoms with E-state index in [0.29, 0.717) is 12.1 Å². The molecule has 14 heteroatoms. The molecule has 244 valence electrons. The Kier molecular flexibility index (Phi) is 8.86. The summed E-state index contributed by atoms with van der Waals surface area (Å²) in [6.45, 7) is 5.49. The van der Waals surface area contributed by atoms with Gasteiger partial charge in [-0.1, -0.05) is 13.8 Å². The van der Waals surface area contributed by atoms with E-state index in [4.69, 9.17) is 9.47 Å². The molecule has 1 saturated heterocycles. The lowest BCUT2D eigenvalue weighted by Crippen LogP contribution is -2.32. The number of benzene rings is 3. The molecular formula is C31H27F10NO3. The summed E-state index contributed by atoms with van der Waals surface area (Å²) in [5, 5.41) is 0. The van der Waals surface area contributed by atoms with Crippen molar-refractivity contribution in [1.29, 1.82) is 0 Å². The molecule has 45 heavy (non-hydrogen) atoms. The highest BCUT2D eigenvalue weighted by molar-refractivity contribution is 5.79. The molecule has 2 atom stereocenters. The molecule has 0 saturated carbocycles. The molecule has 4 nitrogen and oxygen atoms in total. The van der Waals surface area contributed by atoms with Crippen LogP contribution in [-0.2, 0) is 29.8 Å². The molecule has 3 aromatic rings. The van der Waals surface area contributed by atoms with Crippen molar-refractivity contribution in [2.24, 2.45) is 0 Å². The molecule has 0 radical (unpaired) electrons. The highest BCUT2D eigenvalue weighted by Crippen LogP contribution is 2.44. The molecule has 0 spiro atoms. The summed E-state index contributed by atoms with van der Waals surface area (Å²) in [6, 6.07) is 3.74. The summed E-state index contributed by atoms with van der Waals surface area (Å²) in [5.41, 5.74) is -4.29. The van der Waals surface area contributed by atoms with E-state index in [-0.39, 0.29) is 45.6 Å². The maximum absolute atomic E-state index is 14.8. The van der Waals surface area contributed by atoms with Crippen LogP contribution in [0, 0.1) is 12.7 Å². The molecule has 1 aliphatic rings. The molecule has 0 N–H and O–H groups in total. The summed E-state index contributed by atoms with van der Waals surface area (Å²) in [6.07, 6.45) is -17.9. The zero-order valence-electron chi connectivity index (χ0n) is 24.4. The molecule has 0 aromatic heterocycles. The Morgan fingerprint density at radius 3 is 1.87 bits per heavy atom. The summed E-state index contributed by atoms with van der Waals surface area (Å²) in [5.74, 6) is -0.966. The van der Waals surface area contributed by atoms with Gasteiger partial charge in [-0.25, -0.2) is 9.18 Å². The number of hydrogen-bond acceptors (Lipinski definition) is 3. The van der Waals surface area contributed by atoms with Crippen molar-refractivity contribution in [3.05, 3.63) is 87.2 Å². The predicted octanol–water partition coefficient (Wildman–Crippen LogP) is 10.1. The van der Waals surface area contributed by atoms with Gasteiger partial charge in [0.2, 0.25) is 0 Å². The zero-order valence-corrected chi connectivity index (χ0v) is 24.4. The van der Waals surface area contributed by atoms with Crippen molar-refractivity contribution in [2.75, 3.05) is 7.11 Å². The number of aryl methyl sites for hydroxylation is 1. The Hall–Kier alpha value is -3.97. The van der Waals surface area contributed by atoms with Crippen LogP contribution < -0.4 is 4.74 Å². The number of rotatable bonds is 6. The van der Waals surface area contributed by atoms with Crippen molar-refractivity contribution in [3.63, 3.8) is 0 Å². The maximum Gasteiger partial charge on any atom is 0.416 e. The van der Waals surface area contributed by atoms with Gasteiger partial charge < -0.3 is 9.47 Å². The first-order chi connectivity index (χ1) is 20.6. The first-order valence-electron chi connectivity index (χ1n) is 13.5. The van der Waals surface area contributed by atoms with E-state index in [1.54, 1.807) is 13.8 Å². The quantitative estimate of drug-likeness (QED) is 0.249. The molecule has 1 heterocycles. The standard InChI is InChI=1S/C31H27F10NO3/c1-14(2)22-11-23(25(44-5)12-24(22)32)26-15(3)6-19(29(33,34)35)9-18(26)13-42-16(4)27(45-28(42)43)17-7-20(30(36,37)38)10-21(8-17)31(39,40)41/h6-12,14,16,27H,13H2,1-5H3/t16-,27-/m0/s1. The SMILES string of the molecule is COc1cc(F)c(C(C)C)cc1-c1c(C)cc(C(F)(F)F)cc1CN1C(=O)O[C@H](c2cc(C(F)(F)F)cc(C(F)(F)F)c2)[C@@H]1C. The van der Waals surface area contributed by atoms with Crippen molar-refractivity contribution in [2.45, 2.75) is 70.8 Å². The molecule has 3 aromatic carbocycles. The Morgan fingerprint density at radius 1 is 0.844 bits per heavy atom. The number of nitrogens with zero attached hydrogens (tertiary/aromatic N) is 1. The number of carbonyl (C=O) groups excluding carboxylic acids is 1. The summed E-state index contributed by atoms with van der Waals surface area (Å²) < 4.78 is 148. The number of halogens is 10. The zero-order chi connectivity index (χ0) is 33.8. The van der Waals surface area contributed by atoms with Crippen LogP contribution in [-0.4, -0.2) is 24.1 Å². The van der Waals surface area contributed by atoms with Gasteiger partial charge in [0.05, 0.1) is 36.4 Å². The van der Waals surface area contributed by atoms with E-state index < -0.39 is 71.4 Å². The minimum Gasteiger partial charge on any atom is -0.496 e. The van der Waals surface area contributed by atoms with Crippen LogP contribution >= 0.6 is 0 Å². The normalized spacial score (nSPS) is 17.7. The van der Waals surface area contributed by atoms with E-state index in [1.807, 2.05) is 0 Å². The highest BCUT2D eigenvalue weighted by Gasteiger charge is 2.44. The maximum atomic E-state index is 14.8. The molecule has 0 bridgehead atoms. The number of methoxy groups -OCH3 is 1. The Bertz CT molecular complexity index is 1580. The average molecular weight is 652 g/mol. The van der Waals surface area contributed by atoms with Crippen LogP contribution in [0.4, 0.5) is 48.7 Å². The lowest BCUT2D eigenvalue weighted by atomic mass is 9.88. The first kappa shape index (κ1) is 33.9. The third-order valence-electron chi connectivity index (χ3n) is 7.63. The monoisotopic (exact) mass is 651 g/mol. The highest BCUT2D eigenvalue weighted by atomic mass is 19.4. The van der Waals surface area contributed by atoms with E-state index in [2.05, 4.69) is 0 Å². The fourth-order valence-electron chi connectivity index (χ4n) is 5.40. The van der Waals surface area contributed by atoms with Crippen LogP contribution in [0.1, 0.15) is 71.7 Å². The fraction of sp³-hybridized carbons (Fsp3) is 0.387. The Morgan fingerprint density at radius 2 is 1.38 bits per heavy atom. The van der Waals surface area contributed by atoms with Gasteiger partial charge in [0, 0.05) is 11.6 Å². The van der Waals surface area contributed by atoms with Gasteiger partial charge in [0.1, 0.15) is 17.7 Å². The largest absolute Gasteiger partial charge is 0.496 e. The van der Waals surface area contributed by atoms with E-state index in [0.717, 1.165) is 23.1 Å². The number of cyclic esters (lactones) is 1. The van der Waals surface area contributed by atoms with Crippen LogP contribution in [0.2, 0.25) is 0 Å². The third-order valence-corrected chi connectivity index (χ3v) is 7.63.